The number of Topliss-reactive ketones (excluding diaryl/α,β-unsaturated/α-hetero) is 1. The van der Waals surface area contributed by atoms with Gasteiger partial charge in [0.2, 0.25) is 0 Å². The number of nitrogens with zero attached hydrogens (tertiary/aromatic N) is 6. The zero-order valence-corrected chi connectivity index (χ0v) is 20.9. The third-order valence-corrected chi connectivity index (χ3v) is 6.07. The van der Waals surface area contributed by atoms with Crippen molar-refractivity contribution in [3.8, 4) is 22.6 Å². The van der Waals surface area contributed by atoms with Crippen LogP contribution in [-0.4, -0.2) is 48.6 Å². The predicted octanol–water partition coefficient (Wildman–Crippen LogP) is 2.80. The van der Waals surface area contributed by atoms with Crippen LogP contribution in [0.25, 0.3) is 16.8 Å². The van der Waals surface area contributed by atoms with Crippen LogP contribution in [0.5, 0.6) is 5.75 Å². The molecule has 0 aliphatic heterocycles. The zero-order valence-electron chi connectivity index (χ0n) is 20.2. The number of ether oxygens (including phenoxy) is 1. The highest BCUT2D eigenvalue weighted by atomic mass is 35.5. The molecular formula is C25H24ClN7O4. The van der Waals surface area contributed by atoms with Crippen LogP contribution in [0.15, 0.2) is 59.9 Å². The van der Waals surface area contributed by atoms with Gasteiger partial charge in [-0.25, -0.2) is 0 Å². The van der Waals surface area contributed by atoms with E-state index in [4.69, 9.17) is 22.1 Å². The lowest BCUT2D eigenvalue weighted by molar-refractivity contribution is -0.121. The van der Waals surface area contributed by atoms with Gasteiger partial charge in [-0.3, -0.25) is 19.4 Å². The first-order chi connectivity index (χ1) is 17.8. The van der Waals surface area contributed by atoms with Gasteiger partial charge in [-0.05, 0) is 46.7 Å². The standard InChI is InChI=1S/C25H24ClN7O4/c1-3-4-21(22(34)9-15-5-7-19(25(27)36)28-12-15)32-13-23(37-2)18(11-24(32)35)17-10-16(26)6-8-20(17)33-14-29-30-31-33/h5-8,10-14,21H,3-4,9H2,1-2H3,(H2,27,36). The molecule has 0 aliphatic rings. The van der Waals surface area contributed by atoms with Crippen LogP contribution >= 0.6 is 11.6 Å². The minimum absolute atomic E-state index is 0.0327. The highest BCUT2D eigenvalue weighted by Gasteiger charge is 2.24. The molecule has 37 heavy (non-hydrogen) atoms. The number of ketones is 1. The summed E-state index contributed by atoms with van der Waals surface area (Å²) in [4.78, 5) is 42.0. The molecule has 0 radical (unpaired) electrons. The van der Waals surface area contributed by atoms with Gasteiger partial charge in [0.25, 0.3) is 11.5 Å². The second-order valence-corrected chi connectivity index (χ2v) is 8.72. The van der Waals surface area contributed by atoms with E-state index in [0.717, 1.165) is 0 Å². The van der Waals surface area contributed by atoms with Crippen molar-refractivity contribution >= 4 is 23.3 Å². The molecule has 1 unspecified atom stereocenters. The Labute approximate surface area is 216 Å². The Morgan fingerprint density at radius 3 is 2.59 bits per heavy atom. The number of tetrazole rings is 1. The summed E-state index contributed by atoms with van der Waals surface area (Å²) in [7, 11) is 1.48. The minimum Gasteiger partial charge on any atom is -0.495 e. The lowest BCUT2D eigenvalue weighted by atomic mass is 9.99. The molecule has 2 N–H and O–H groups in total. The second kappa shape index (κ2) is 11.1. The summed E-state index contributed by atoms with van der Waals surface area (Å²) in [5.41, 5.74) is 7.23. The van der Waals surface area contributed by atoms with E-state index in [-0.39, 0.29) is 23.5 Å². The number of hydrogen-bond donors (Lipinski definition) is 1. The Balaban J connectivity index is 1.73. The van der Waals surface area contributed by atoms with Gasteiger partial charge >= 0.3 is 0 Å². The van der Waals surface area contributed by atoms with Crippen LogP contribution in [0.3, 0.4) is 0 Å². The van der Waals surface area contributed by atoms with Gasteiger partial charge in [0.1, 0.15) is 17.8 Å². The second-order valence-electron chi connectivity index (χ2n) is 8.28. The number of rotatable bonds is 10. The maximum Gasteiger partial charge on any atom is 0.267 e. The van der Waals surface area contributed by atoms with Gasteiger partial charge in [0, 0.05) is 34.8 Å². The largest absolute Gasteiger partial charge is 0.495 e. The van der Waals surface area contributed by atoms with Crippen LogP contribution in [0, 0.1) is 0 Å². The molecule has 1 amide bonds. The molecule has 1 atom stereocenters. The van der Waals surface area contributed by atoms with Crippen molar-refractivity contribution in [1.29, 1.82) is 0 Å². The van der Waals surface area contributed by atoms with E-state index in [9.17, 15) is 14.4 Å². The zero-order chi connectivity index (χ0) is 26.5. The summed E-state index contributed by atoms with van der Waals surface area (Å²) in [5.74, 6) is -0.453. The van der Waals surface area contributed by atoms with E-state index in [2.05, 4.69) is 20.5 Å². The fourth-order valence-electron chi connectivity index (χ4n) is 4.06. The average Bonchev–Trinajstić information content (AvgIpc) is 3.42. The molecule has 0 spiro atoms. The fraction of sp³-hybridized carbons (Fsp3) is 0.240. The molecule has 4 aromatic rings. The normalized spacial score (nSPS) is 11.8. The summed E-state index contributed by atoms with van der Waals surface area (Å²) < 4.78 is 8.49. The number of benzene rings is 1. The molecule has 4 rings (SSSR count). The van der Waals surface area contributed by atoms with Crippen molar-refractivity contribution in [2.45, 2.75) is 32.2 Å². The van der Waals surface area contributed by atoms with E-state index in [1.54, 1.807) is 24.3 Å². The number of hydrogen-bond acceptors (Lipinski definition) is 8. The van der Waals surface area contributed by atoms with E-state index in [0.29, 0.717) is 46.0 Å². The summed E-state index contributed by atoms with van der Waals surface area (Å²) in [5, 5.41) is 11.7. The molecule has 190 valence electrons. The molecule has 11 nitrogen and oxygen atoms in total. The molecule has 3 aromatic heterocycles. The number of methoxy groups -OCH3 is 1. The summed E-state index contributed by atoms with van der Waals surface area (Å²) in [6, 6.07) is 8.90. The molecule has 0 bridgehead atoms. The SMILES string of the molecule is CCCC(C(=O)Cc1ccc(C(N)=O)nc1)n1cc(OC)c(-c2cc(Cl)ccc2-n2cnnn2)cc1=O. The summed E-state index contributed by atoms with van der Waals surface area (Å²) in [6.45, 7) is 1.94. The van der Waals surface area contributed by atoms with Gasteiger partial charge in [-0.1, -0.05) is 31.0 Å². The number of carbonyl (C=O) groups excluding carboxylic acids is 2. The Bertz CT molecular complexity index is 1480. The molecule has 0 saturated carbocycles. The van der Waals surface area contributed by atoms with Crippen LogP contribution in [0.1, 0.15) is 41.9 Å². The van der Waals surface area contributed by atoms with Gasteiger partial charge in [0.15, 0.2) is 5.78 Å². The van der Waals surface area contributed by atoms with Crippen LogP contribution in [0.4, 0.5) is 0 Å². The molecule has 0 fully saturated rings. The van der Waals surface area contributed by atoms with E-state index in [1.165, 1.54) is 47.2 Å². The highest BCUT2D eigenvalue weighted by molar-refractivity contribution is 6.31. The van der Waals surface area contributed by atoms with Gasteiger partial charge in [-0.15, -0.1) is 5.10 Å². The lowest BCUT2D eigenvalue weighted by Gasteiger charge is -2.21. The Kier molecular flexibility index (Phi) is 7.73. The number of halogens is 1. The van der Waals surface area contributed by atoms with Crippen molar-refractivity contribution in [2.24, 2.45) is 5.73 Å². The smallest absolute Gasteiger partial charge is 0.267 e. The Morgan fingerprint density at radius 2 is 1.97 bits per heavy atom. The highest BCUT2D eigenvalue weighted by Crippen LogP contribution is 2.35. The first-order valence-electron chi connectivity index (χ1n) is 11.4. The topological polar surface area (TPSA) is 148 Å². The lowest BCUT2D eigenvalue weighted by Crippen LogP contribution is -2.30. The van der Waals surface area contributed by atoms with Gasteiger partial charge in [-0.2, -0.15) is 4.68 Å². The molecule has 12 heteroatoms. The Hall–Kier alpha value is -4.38. The average molecular weight is 522 g/mol. The van der Waals surface area contributed by atoms with Gasteiger partial charge in [0.05, 0.1) is 25.0 Å². The van der Waals surface area contributed by atoms with E-state index in [1.807, 2.05) is 6.92 Å². The number of pyridine rings is 2. The molecule has 1 aromatic carbocycles. The quantitative estimate of drug-likeness (QED) is 0.335. The maximum absolute atomic E-state index is 13.4. The van der Waals surface area contributed by atoms with Crippen LogP contribution < -0.4 is 16.0 Å². The fourth-order valence-corrected chi connectivity index (χ4v) is 4.24. The van der Waals surface area contributed by atoms with Crippen molar-refractivity contribution < 1.29 is 14.3 Å². The number of carbonyl (C=O) groups is 2. The van der Waals surface area contributed by atoms with Crippen LogP contribution in [0.2, 0.25) is 5.02 Å². The maximum atomic E-state index is 13.4. The Morgan fingerprint density at radius 1 is 1.16 bits per heavy atom. The van der Waals surface area contributed by atoms with Crippen LogP contribution in [-0.2, 0) is 11.2 Å². The van der Waals surface area contributed by atoms with Crippen molar-refractivity contribution in [2.75, 3.05) is 7.11 Å². The molecular weight excluding hydrogens is 498 g/mol. The number of nitrogens with two attached hydrogens (primary N) is 1. The minimum atomic E-state index is -0.727. The molecule has 0 aliphatic carbocycles. The van der Waals surface area contributed by atoms with Gasteiger partial charge < -0.3 is 15.0 Å². The van der Waals surface area contributed by atoms with Crippen molar-refractivity contribution in [3.63, 3.8) is 0 Å². The third kappa shape index (κ3) is 5.56. The molecule has 0 saturated heterocycles. The first-order valence-corrected chi connectivity index (χ1v) is 11.8. The third-order valence-electron chi connectivity index (χ3n) is 5.83. The van der Waals surface area contributed by atoms with Crippen molar-refractivity contribution in [3.05, 3.63) is 81.8 Å². The predicted molar refractivity (Wildman–Crippen MR) is 136 cm³/mol. The number of amides is 1. The van der Waals surface area contributed by atoms with Crippen molar-refractivity contribution in [1.82, 2.24) is 29.8 Å². The summed E-state index contributed by atoms with van der Waals surface area (Å²) >= 11 is 6.27. The van der Waals surface area contributed by atoms with E-state index < -0.39 is 11.9 Å². The number of aromatic nitrogens is 6. The molecule has 3 heterocycles. The van der Waals surface area contributed by atoms with E-state index >= 15 is 0 Å². The monoisotopic (exact) mass is 521 g/mol. The summed E-state index contributed by atoms with van der Waals surface area (Å²) in [6.07, 6.45) is 5.55. The number of primary amides is 1. The first kappa shape index (κ1) is 25.7.